The van der Waals surface area contributed by atoms with Crippen LogP contribution in [0.15, 0.2) is 200 Å². The first kappa shape index (κ1) is 38.8. The van der Waals surface area contributed by atoms with E-state index < -0.39 is 0 Å². The van der Waals surface area contributed by atoms with Gasteiger partial charge in [0.1, 0.15) is 0 Å². The van der Waals surface area contributed by atoms with Crippen LogP contribution in [0.25, 0.3) is 0 Å². The molecule has 0 fully saturated rings. The van der Waals surface area contributed by atoms with E-state index in [0.717, 1.165) is 33.4 Å². The van der Waals surface area contributed by atoms with Gasteiger partial charge in [0.15, 0.2) is 17.3 Å². The van der Waals surface area contributed by atoms with Gasteiger partial charge in [0.25, 0.3) is 0 Å². The third kappa shape index (κ3) is 10.9. The molecule has 7 rings (SSSR count). The minimum atomic E-state index is -0.330. The Kier molecular flexibility index (Phi) is 13.2. The quantitative estimate of drug-likeness (QED) is 0.0822. The van der Waals surface area contributed by atoms with Crippen LogP contribution in [-0.4, -0.2) is 17.3 Å². The van der Waals surface area contributed by atoms with Gasteiger partial charge in [0.2, 0.25) is 0 Å². The summed E-state index contributed by atoms with van der Waals surface area (Å²) in [6.45, 7) is 0. The molecule has 3 nitrogen and oxygen atoms in total. The summed E-state index contributed by atoms with van der Waals surface area (Å²) in [6.07, 6.45) is 3.70. The van der Waals surface area contributed by atoms with Gasteiger partial charge in [-0.1, -0.05) is 200 Å². The first-order chi connectivity index (χ1) is 28.0. The van der Waals surface area contributed by atoms with Gasteiger partial charge < -0.3 is 0 Å². The zero-order chi connectivity index (χ0) is 39.2. The van der Waals surface area contributed by atoms with Gasteiger partial charge in [-0.25, -0.2) is 0 Å². The van der Waals surface area contributed by atoms with Crippen LogP contribution in [-0.2, 0) is 38.5 Å². The van der Waals surface area contributed by atoms with Crippen molar-refractivity contribution in [3.63, 3.8) is 0 Å². The number of Topliss-reactive ketones (excluding diaryl/α,β-unsaturated/α-hetero) is 3. The van der Waals surface area contributed by atoms with Crippen molar-refractivity contribution in [2.24, 2.45) is 17.8 Å². The molecular weight excluding hydrogens is 697 g/mol. The van der Waals surface area contributed by atoms with Crippen molar-refractivity contribution in [3.8, 4) is 0 Å². The monoisotopic (exact) mass is 744 g/mol. The normalized spacial score (nSPS) is 11.2. The molecule has 0 aliphatic rings. The number of hydrogen-bond acceptors (Lipinski definition) is 3. The highest BCUT2D eigenvalue weighted by molar-refractivity contribution is 6.00. The van der Waals surface area contributed by atoms with Gasteiger partial charge in [0, 0.05) is 34.4 Å². The van der Waals surface area contributed by atoms with Gasteiger partial charge in [-0.3, -0.25) is 14.4 Å². The molecule has 57 heavy (non-hydrogen) atoms. The molecule has 0 atom stereocenters. The van der Waals surface area contributed by atoms with Gasteiger partial charge in [-0.2, -0.15) is 0 Å². The third-order valence-corrected chi connectivity index (χ3v) is 10.9. The number of carbonyl (C=O) groups excluding carboxylic acids is 3. The maximum absolute atomic E-state index is 14.1. The average Bonchev–Trinajstić information content (AvgIpc) is 3.27. The molecule has 0 unspecified atom stereocenters. The van der Waals surface area contributed by atoms with E-state index >= 15 is 0 Å². The standard InChI is InChI=1S/C54H48O3/c55-52(46-24-14-5-15-25-46)51(38-44-26-30-47(31-27-44)53(56)49(34-40-16-6-1-7-17-40)35-41-18-8-2-9-19-41)39-45-28-32-48(33-29-45)54(57)50(36-42-20-10-3-11-21-42)37-43-22-12-4-13-23-43/h1-33,49-51H,34-39H2. The summed E-state index contributed by atoms with van der Waals surface area (Å²) < 4.78 is 0. The van der Waals surface area contributed by atoms with Crippen molar-refractivity contribution >= 4 is 17.3 Å². The van der Waals surface area contributed by atoms with E-state index in [2.05, 4.69) is 48.5 Å². The Hall–Kier alpha value is -6.45. The zero-order valence-electron chi connectivity index (χ0n) is 32.3. The van der Waals surface area contributed by atoms with E-state index in [4.69, 9.17) is 0 Å². The van der Waals surface area contributed by atoms with E-state index in [9.17, 15) is 14.4 Å². The van der Waals surface area contributed by atoms with Gasteiger partial charge in [-0.15, -0.1) is 0 Å². The largest absolute Gasteiger partial charge is 0.294 e. The summed E-state index contributed by atoms with van der Waals surface area (Å²) in [5.41, 5.74) is 8.60. The second-order valence-electron chi connectivity index (χ2n) is 15.1. The summed E-state index contributed by atoms with van der Waals surface area (Å²) in [4.78, 5) is 42.2. The highest BCUT2D eigenvalue weighted by Gasteiger charge is 2.25. The molecule has 0 aliphatic heterocycles. The van der Waals surface area contributed by atoms with Crippen LogP contribution < -0.4 is 0 Å². The number of ketones is 3. The minimum absolute atomic E-state index is 0.0764. The molecule has 0 saturated heterocycles. The van der Waals surface area contributed by atoms with E-state index in [-0.39, 0.29) is 35.1 Å². The molecule has 3 heteroatoms. The lowest BCUT2D eigenvalue weighted by molar-refractivity contribution is 0.0909. The topological polar surface area (TPSA) is 51.2 Å². The van der Waals surface area contributed by atoms with Crippen molar-refractivity contribution in [3.05, 3.63) is 250 Å². The van der Waals surface area contributed by atoms with Crippen molar-refractivity contribution in [2.75, 3.05) is 0 Å². The van der Waals surface area contributed by atoms with Crippen LogP contribution in [0.2, 0.25) is 0 Å². The fourth-order valence-electron chi connectivity index (χ4n) is 7.86. The van der Waals surface area contributed by atoms with Crippen molar-refractivity contribution in [1.82, 2.24) is 0 Å². The molecule has 7 aromatic carbocycles. The SMILES string of the molecule is O=C(c1ccccc1)C(Cc1ccc(C(=O)C(Cc2ccccc2)Cc2ccccc2)cc1)Cc1ccc(C(=O)C(Cc2ccccc2)Cc2ccccc2)cc1. The summed E-state index contributed by atoms with van der Waals surface area (Å²) in [7, 11) is 0. The third-order valence-electron chi connectivity index (χ3n) is 10.9. The van der Waals surface area contributed by atoms with Crippen LogP contribution in [0.5, 0.6) is 0 Å². The molecule has 0 radical (unpaired) electrons. The molecule has 0 saturated carbocycles. The second kappa shape index (κ2) is 19.4. The molecule has 0 spiro atoms. The summed E-state index contributed by atoms with van der Waals surface area (Å²) in [6, 6.07) is 66.0. The number of carbonyl (C=O) groups is 3. The Morgan fingerprint density at radius 2 is 0.439 bits per heavy atom. The van der Waals surface area contributed by atoms with Crippen LogP contribution >= 0.6 is 0 Å². The van der Waals surface area contributed by atoms with E-state index in [0.29, 0.717) is 55.2 Å². The number of hydrogen-bond donors (Lipinski definition) is 0. The van der Waals surface area contributed by atoms with E-state index in [1.54, 1.807) is 0 Å². The Morgan fingerprint density at radius 1 is 0.246 bits per heavy atom. The molecule has 0 aromatic heterocycles. The smallest absolute Gasteiger partial charge is 0.166 e. The maximum atomic E-state index is 14.1. The first-order valence-corrected chi connectivity index (χ1v) is 20.0. The second-order valence-corrected chi connectivity index (χ2v) is 15.1. The Balaban J connectivity index is 1.08. The van der Waals surface area contributed by atoms with Crippen molar-refractivity contribution in [2.45, 2.75) is 38.5 Å². The van der Waals surface area contributed by atoms with Gasteiger partial charge >= 0.3 is 0 Å². The van der Waals surface area contributed by atoms with Crippen LogP contribution in [0.3, 0.4) is 0 Å². The van der Waals surface area contributed by atoms with Crippen LogP contribution in [0, 0.1) is 17.8 Å². The lowest BCUT2D eigenvalue weighted by Gasteiger charge is -2.19. The molecule has 0 bridgehead atoms. The Labute approximate surface area is 337 Å². The number of benzene rings is 7. The van der Waals surface area contributed by atoms with Gasteiger partial charge in [-0.05, 0) is 71.9 Å². The molecular formula is C54H48O3. The van der Waals surface area contributed by atoms with Crippen LogP contribution in [0.4, 0.5) is 0 Å². The fourth-order valence-corrected chi connectivity index (χ4v) is 7.86. The predicted molar refractivity (Wildman–Crippen MR) is 231 cm³/mol. The molecule has 0 N–H and O–H groups in total. The van der Waals surface area contributed by atoms with E-state index in [1.165, 1.54) is 0 Å². The summed E-state index contributed by atoms with van der Waals surface area (Å²) in [5, 5.41) is 0. The molecule has 0 aliphatic carbocycles. The first-order valence-electron chi connectivity index (χ1n) is 20.0. The lowest BCUT2D eigenvalue weighted by Crippen LogP contribution is -2.22. The molecule has 0 amide bonds. The Morgan fingerprint density at radius 3 is 0.684 bits per heavy atom. The highest BCUT2D eigenvalue weighted by Crippen LogP contribution is 2.25. The molecule has 7 aromatic rings. The highest BCUT2D eigenvalue weighted by atomic mass is 16.1. The summed E-state index contributed by atoms with van der Waals surface area (Å²) >= 11 is 0. The van der Waals surface area contributed by atoms with Crippen molar-refractivity contribution < 1.29 is 14.4 Å². The zero-order valence-corrected chi connectivity index (χ0v) is 32.3. The minimum Gasteiger partial charge on any atom is -0.294 e. The number of rotatable bonds is 18. The van der Waals surface area contributed by atoms with E-state index in [1.807, 2.05) is 152 Å². The predicted octanol–water partition coefficient (Wildman–Crippen LogP) is 11.5. The van der Waals surface area contributed by atoms with Crippen molar-refractivity contribution in [1.29, 1.82) is 0 Å². The van der Waals surface area contributed by atoms with Gasteiger partial charge in [0.05, 0.1) is 0 Å². The molecule has 282 valence electrons. The average molecular weight is 745 g/mol. The maximum Gasteiger partial charge on any atom is 0.166 e. The fraction of sp³-hybridized carbons (Fsp3) is 0.167. The molecule has 0 heterocycles. The van der Waals surface area contributed by atoms with Crippen LogP contribution in [0.1, 0.15) is 64.5 Å². The Bertz CT molecular complexity index is 2090. The lowest BCUT2D eigenvalue weighted by atomic mass is 9.83. The summed E-state index contributed by atoms with van der Waals surface area (Å²) in [5.74, 6) is -0.410.